The van der Waals surface area contributed by atoms with Gasteiger partial charge in [-0.05, 0) is 66.6 Å². The van der Waals surface area contributed by atoms with Crippen molar-refractivity contribution in [2.75, 3.05) is 18.4 Å². The minimum absolute atomic E-state index is 0.0164. The molecule has 0 spiro atoms. The Balaban J connectivity index is 1.37. The predicted octanol–water partition coefficient (Wildman–Crippen LogP) is 4.39. The predicted molar refractivity (Wildman–Crippen MR) is 151 cm³/mol. The summed E-state index contributed by atoms with van der Waals surface area (Å²) in [7, 11) is 0. The monoisotopic (exact) mass is 513 g/mol. The van der Waals surface area contributed by atoms with Crippen LogP contribution in [0.5, 0.6) is 0 Å². The molecule has 1 fully saturated rings. The molecule has 38 heavy (non-hydrogen) atoms. The van der Waals surface area contributed by atoms with Crippen LogP contribution in [0.3, 0.4) is 0 Å². The molecule has 1 aliphatic heterocycles. The second kappa shape index (κ2) is 12.8. The number of aliphatic carboxylic acids is 1. The van der Waals surface area contributed by atoms with E-state index in [4.69, 9.17) is 11.5 Å². The summed E-state index contributed by atoms with van der Waals surface area (Å²) in [6.07, 6.45) is 2.95. The van der Waals surface area contributed by atoms with Gasteiger partial charge in [0.05, 0.1) is 18.0 Å². The van der Waals surface area contributed by atoms with E-state index in [0.717, 1.165) is 36.1 Å². The number of aryl methyl sites for hydroxylation is 1. The highest BCUT2D eigenvalue weighted by molar-refractivity contribution is 5.85. The summed E-state index contributed by atoms with van der Waals surface area (Å²) < 4.78 is 0. The Labute approximate surface area is 223 Å². The van der Waals surface area contributed by atoms with Crippen LogP contribution in [0.4, 0.5) is 11.4 Å². The van der Waals surface area contributed by atoms with E-state index in [1.165, 1.54) is 5.56 Å². The molecule has 4 rings (SSSR count). The first kappa shape index (κ1) is 26.7. The molecule has 198 valence electrons. The Morgan fingerprint density at radius 2 is 1.74 bits per heavy atom. The number of likely N-dealkylation sites (tertiary alicyclic amines) is 1. The second-order valence-electron chi connectivity index (χ2n) is 9.69. The van der Waals surface area contributed by atoms with Gasteiger partial charge in [0.15, 0.2) is 5.96 Å². The molecular formula is C30H35N5O3. The first-order valence-corrected chi connectivity index (χ1v) is 13.0. The van der Waals surface area contributed by atoms with Gasteiger partial charge in [-0.2, -0.15) is 0 Å². The number of amides is 1. The molecule has 1 saturated heterocycles. The molecule has 2 atom stereocenters. The average Bonchev–Trinajstić information content (AvgIpc) is 3.18. The van der Waals surface area contributed by atoms with E-state index in [2.05, 4.69) is 28.5 Å². The van der Waals surface area contributed by atoms with Crippen LogP contribution in [0.1, 0.15) is 31.2 Å². The van der Waals surface area contributed by atoms with Crippen LogP contribution >= 0.6 is 0 Å². The second-order valence-corrected chi connectivity index (χ2v) is 9.69. The number of benzene rings is 3. The van der Waals surface area contributed by atoms with E-state index in [9.17, 15) is 14.7 Å². The average molecular weight is 514 g/mol. The zero-order chi connectivity index (χ0) is 26.9. The summed E-state index contributed by atoms with van der Waals surface area (Å²) in [6, 6.07) is 26.0. The van der Waals surface area contributed by atoms with Crippen molar-refractivity contribution in [1.82, 2.24) is 4.90 Å². The largest absolute Gasteiger partial charge is 0.481 e. The number of hydrogen-bond donors (Lipinski definition) is 4. The summed E-state index contributed by atoms with van der Waals surface area (Å²) in [5.41, 5.74) is 16.0. The van der Waals surface area contributed by atoms with Gasteiger partial charge in [0, 0.05) is 24.8 Å². The van der Waals surface area contributed by atoms with Crippen molar-refractivity contribution >= 4 is 29.2 Å². The number of nitrogens with zero attached hydrogens (tertiary/aromatic N) is 2. The van der Waals surface area contributed by atoms with E-state index >= 15 is 0 Å². The molecule has 1 heterocycles. The standard InChI is InChI=1S/C30H35N5O3/c31-30(32)34-26-13-5-11-23(18-26)22-10-4-12-25(17-22)33-15-14-27-19-24(20-28(36)37)29(38)35(27)16-6-9-21-7-2-1-3-8-21/h1-5,7-8,10-13,17-18,24,27,33H,6,9,14-16,19-20H2,(H,36,37)(H4,31,32,34)/t24-,27+/m0/s1. The molecular weight excluding hydrogens is 478 g/mol. The van der Waals surface area contributed by atoms with Gasteiger partial charge in [-0.1, -0.05) is 54.6 Å². The quantitative estimate of drug-likeness (QED) is 0.210. The SMILES string of the molecule is NC(N)=Nc1cccc(-c2cccc(NCC[C@@H]3C[C@@H](CC(=O)O)C(=O)N3CCCc3ccccc3)c2)c1. The Hall–Kier alpha value is -4.33. The third-order valence-corrected chi connectivity index (χ3v) is 6.86. The molecule has 6 N–H and O–H groups in total. The third kappa shape index (κ3) is 7.35. The molecule has 0 unspecified atom stereocenters. The van der Waals surface area contributed by atoms with Gasteiger partial charge in [-0.15, -0.1) is 0 Å². The maximum Gasteiger partial charge on any atom is 0.304 e. The van der Waals surface area contributed by atoms with Crippen molar-refractivity contribution in [2.24, 2.45) is 22.4 Å². The van der Waals surface area contributed by atoms with Gasteiger partial charge in [-0.3, -0.25) is 9.59 Å². The Morgan fingerprint density at radius 1 is 1.00 bits per heavy atom. The maximum absolute atomic E-state index is 13.0. The van der Waals surface area contributed by atoms with Crippen molar-refractivity contribution < 1.29 is 14.7 Å². The number of carboxylic acid groups (broad SMARTS) is 1. The molecule has 1 amide bonds. The normalized spacial score (nSPS) is 16.8. The smallest absolute Gasteiger partial charge is 0.304 e. The number of guanidine groups is 1. The van der Waals surface area contributed by atoms with Crippen molar-refractivity contribution in [3.63, 3.8) is 0 Å². The van der Waals surface area contributed by atoms with E-state index in [0.29, 0.717) is 25.2 Å². The van der Waals surface area contributed by atoms with Gasteiger partial charge >= 0.3 is 5.97 Å². The van der Waals surface area contributed by atoms with Crippen LogP contribution < -0.4 is 16.8 Å². The van der Waals surface area contributed by atoms with Crippen LogP contribution in [0.2, 0.25) is 0 Å². The summed E-state index contributed by atoms with van der Waals surface area (Å²) in [4.78, 5) is 30.4. The van der Waals surface area contributed by atoms with Crippen LogP contribution in [-0.4, -0.2) is 47.0 Å². The molecule has 8 heteroatoms. The molecule has 0 aliphatic carbocycles. The molecule has 1 aliphatic rings. The lowest BCUT2D eigenvalue weighted by Gasteiger charge is -2.25. The number of carbonyl (C=O) groups excluding carboxylic acids is 1. The Kier molecular flexibility index (Phi) is 8.98. The number of aliphatic imine (C=N–C) groups is 1. The van der Waals surface area contributed by atoms with Crippen LogP contribution in [0.25, 0.3) is 11.1 Å². The summed E-state index contributed by atoms with van der Waals surface area (Å²) in [5, 5.41) is 12.8. The molecule has 3 aromatic rings. The zero-order valence-corrected chi connectivity index (χ0v) is 21.4. The minimum Gasteiger partial charge on any atom is -0.481 e. The molecule has 0 bridgehead atoms. The van der Waals surface area contributed by atoms with Crippen molar-refractivity contribution in [2.45, 2.75) is 38.1 Å². The van der Waals surface area contributed by atoms with Crippen molar-refractivity contribution in [3.05, 3.63) is 84.4 Å². The first-order chi connectivity index (χ1) is 18.4. The zero-order valence-electron chi connectivity index (χ0n) is 21.4. The van der Waals surface area contributed by atoms with E-state index < -0.39 is 11.9 Å². The lowest BCUT2D eigenvalue weighted by atomic mass is 10.00. The number of nitrogens with two attached hydrogens (primary N) is 2. The van der Waals surface area contributed by atoms with Crippen LogP contribution in [0, 0.1) is 5.92 Å². The topological polar surface area (TPSA) is 134 Å². The lowest BCUT2D eigenvalue weighted by Crippen LogP contribution is -2.36. The number of carbonyl (C=O) groups is 2. The van der Waals surface area contributed by atoms with E-state index in [1.54, 1.807) is 0 Å². The Morgan fingerprint density at radius 3 is 2.47 bits per heavy atom. The van der Waals surface area contributed by atoms with Crippen LogP contribution in [0.15, 0.2) is 83.9 Å². The summed E-state index contributed by atoms with van der Waals surface area (Å²) >= 11 is 0. The van der Waals surface area contributed by atoms with Gasteiger partial charge in [0.1, 0.15) is 0 Å². The maximum atomic E-state index is 13.0. The third-order valence-electron chi connectivity index (χ3n) is 6.86. The number of hydrogen-bond acceptors (Lipinski definition) is 4. The molecule has 8 nitrogen and oxygen atoms in total. The van der Waals surface area contributed by atoms with Gasteiger partial charge in [-0.25, -0.2) is 4.99 Å². The van der Waals surface area contributed by atoms with E-state index in [1.807, 2.05) is 65.6 Å². The van der Waals surface area contributed by atoms with Crippen LogP contribution in [-0.2, 0) is 16.0 Å². The molecule has 0 saturated carbocycles. The Bertz CT molecular complexity index is 1270. The fourth-order valence-electron chi connectivity index (χ4n) is 5.11. The van der Waals surface area contributed by atoms with Crippen molar-refractivity contribution in [3.8, 4) is 11.1 Å². The highest BCUT2D eigenvalue weighted by Gasteiger charge is 2.39. The van der Waals surface area contributed by atoms with E-state index in [-0.39, 0.29) is 24.3 Å². The highest BCUT2D eigenvalue weighted by Crippen LogP contribution is 2.30. The molecule has 3 aromatic carbocycles. The van der Waals surface area contributed by atoms with Gasteiger partial charge in [0.2, 0.25) is 5.91 Å². The summed E-state index contributed by atoms with van der Waals surface area (Å²) in [6.45, 7) is 1.31. The summed E-state index contributed by atoms with van der Waals surface area (Å²) in [5.74, 6) is -1.39. The molecule has 0 radical (unpaired) electrons. The highest BCUT2D eigenvalue weighted by atomic mass is 16.4. The first-order valence-electron chi connectivity index (χ1n) is 13.0. The lowest BCUT2D eigenvalue weighted by molar-refractivity contribution is -0.142. The minimum atomic E-state index is -0.924. The van der Waals surface area contributed by atoms with Gasteiger partial charge in [0.25, 0.3) is 0 Å². The number of carboxylic acids is 1. The van der Waals surface area contributed by atoms with Gasteiger partial charge < -0.3 is 26.8 Å². The van der Waals surface area contributed by atoms with Crippen molar-refractivity contribution in [1.29, 1.82) is 0 Å². The fourth-order valence-corrected chi connectivity index (χ4v) is 5.11. The molecule has 0 aromatic heterocycles. The fraction of sp³-hybridized carbons (Fsp3) is 0.300. The number of rotatable bonds is 12. The number of nitrogens with one attached hydrogen (secondary N) is 1. The number of anilines is 1.